The third kappa shape index (κ3) is 3.75. The van der Waals surface area contributed by atoms with Gasteiger partial charge in [-0.2, -0.15) is 5.10 Å². The van der Waals surface area contributed by atoms with Gasteiger partial charge in [-0.3, -0.25) is 9.48 Å². The van der Waals surface area contributed by atoms with Crippen LogP contribution in [0.25, 0.3) is 22.4 Å². The van der Waals surface area contributed by atoms with Gasteiger partial charge in [-0.05, 0) is 35.2 Å². The molecule has 0 aliphatic carbocycles. The van der Waals surface area contributed by atoms with Gasteiger partial charge in [0, 0.05) is 36.6 Å². The highest BCUT2D eigenvalue weighted by molar-refractivity contribution is 5.76. The van der Waals surface area contributed by atoms with Gasteiger partial charge < -0.3 is 10.1 Å². The van der Waals surface area contributed by atoms with E-state index in [9.17, 15) is 4.79 Å². The summed E-state index contributed by atoms with van der Waals surface area (Å²) >= 11 is 0. The predicted molar refractivity (Wildman–Crippen MR) is 121 cm³/mol. The van der Waals surface area contributed by atoms with Gasteiger partial charge in [0.1, 0.15) is 0 Å². The Morgan fingerprint density at radius 2 is 2.06 bits per heavy atom. The van der Waals surface area contributed by atoms with Crippen LogP contribution in [0.4, 0.5) is 5.69 Å². The lowest BCUT2D eigenvalue weighted by Crippen LogP contribution is -2.15. The summed E-state index contributed by atoms with van der Waals surface area (Å²) in [5.41, 5.74) is 7.28. The number of rotatable bonds is 5. The Morgan fingerprint density at radius 1 is 1.19 bits per heavy atom. The maximum Gasteiger partial charge on any atom is 0.310 e. The van der Waals surface area contributed by atoms with Gasteiger partial charge in [0.15, 0.2) is 0 Å². The average Bonchev–Trinajstić information content (AvgIpc) is 3.43. The molecule has 3 heterocycles. The minimum absolute atomic E-state index is 0.0297. The molecule has 4 aromatic rings. The van der Waals surface area contributed by atoms with E-state index in [1.165, 1.54) is 12.7 Å². The number of hydrogen-bond donors (Lipinski definition) is 1. The summed E-state index contributed by atoms with van der Waals surface area (Å²) in [6.45, 7) is 0.739. The fourth-order valence-electron chi connectivity index (χ4n) is 4.25. The van der Waals surface area contributed by atoms with Gasteiger partial charge in [0.25, 0.3) is 0 Å². The minimum Gasteiger partial charge on any atom is -0.469 e. The first kappa shape index (κ1) is 20.0. The number of carbonyl (C=O) groups excluding carboxylic acids is 1. The van der Waals surface area contributed by atoms with Crippen molar-refractivity contribution in [2.75, 3.05) is 12.4 Å². The highest BCUT2D eigenvalue weighted by Gasteiger charge is 2.25. The van der Waals surface area contributed by atoms with Gasteiger partial charge in [0.05, 0.1) is 37.7 Å². The summed E-state index contributed by atoms with van der Waals surface area (Å²) in [6, 6.07) is 14.4. The fourth-order valence-corrected chi connectivity index (χ4v) is 4.25. The number of esters is 1. The zero-order valence-electron chi connectivity index (χ0n) is 18.0. The molecule has 2 aromatic carbocycles. The Bertz CT molecular complexity index is 1270. The number of anilines is 1. The third-order valence-electron chi connectivity index (χ3n) is 5.90. The second-order valence-electron chi connectivity index (χ2n) is 7.94. The first-order valence-corrected chi connectivity index (χ1v) is 10.6. The van der Waals surface area contributed by atoms with Crippen LogP contribution in [0.1, 0.15) is 23.6 Å². The average molecular weight is 428 g/mol. The summed E-state index contributed by atoms with van der Waals surface area (Å²) in [5, 5.41) is 16.4. The van der Waals surface area contributed by atoms with E-state index in [0.717, 1.165) is 46.6 Å². The Balaban J connectivity index is 1.56. The van der Waals surface area contributed by atoms with Crippen LogP contribution in [0.2, 0.25) is 0 Å². The van der Waals surface area contributed by atoms with Crippen LogP contribution < -0.4 is 5.32 Å². The Labute approximate surface area is 185 Å². The third-order valence-corrected chi connectivity index (χ3v) is 5.90. The zero-order chi connectivity index (χ0) is 22.1. The second-order valence-corrected chi connectivity index (χ2v) is 7.94. The normalized spacial score (nSPS) is 14.9. The summed E-state index contributed by atoms with van der Waals surface area (Å²) in [7, 11) is 3.33. The van der Waals surface area contributed by atoms with Gasteiger partial charge in [-0.25, -0.2) is 4.68 Å². The lowest BCUT2D eigenvalue weighted by molar-refractivity contribution is -0.139. The maximum atomic E-state index is 11.9. The highest BCUT2D eigenvalue weighted by atomic mass is 16.5. The molecule has 8 heteroatoms. The number of ether oxygens (including phenoxy) is 1. The molecule has 162 valence electrons. The molecule has 8 nitrogen and oxygen atoms in total. The van der Waals surface area contributed by atoms with Crippen molar-refractivity contribution in [2.45, 2.75) is 25.4 Å². The van der Waals surface area contributed by atoms with Crippen LogP contribution in [0.5, 0.6) is 0 Å². The first-order chi connectivity index (χ1) is 15.6. The fraction of sp³-hybridized carbons (Fsp3) is 0.250. The Morgan fingerprint density at radius 3 is 2.88 bits per heavy atom. The molecule has 0 bridgehead atoms. The minimum atomic E-state index is -0.259. The van der Waals surface area contributed by atoms with E-state index in [4.69, 9.17) is 4.74 Å². The molecule has 1 aliphatic heterocycles. The van der Waals surface area contributed by atoms with E-state index < -0.39 is 0 Å². The van der Waals surface area contributed by atoms with Crippen LogP contribution in [0.3, 0.4) is 0 Å². The summed E-state index contributed by atoms with van der Waals surface area (Å²) in [6.07, 6.45) is 6.75. The molecule has 1 N–H and O–H groups in total. The first-order valence-electron chi connectivity index (χ1n) is 10.6. The van der Waals surface area contributed by atoms with Crippen molar-refractivity contribution < 1.29 is 9.53 Å². The molecular formula is C24H24N6O2. The molecule has 2 aromatic heterocycles. The van der Waals surface area contributed by atoms with Crippen molar-refractivity contribution in [1.82, 2.24) is 24.8 Å². The van der Waals surface area contributed by atoms with Crippen molar-refractivity contribution in [3.8, 4) is 22.4 Å². The number of methoxy groups -OCH3 is 1. The summed E-state index contributed by atoms with van der Waals surface area (Å²) < 4.78 is 8.63. The number of nitrogens with zero attached hydrogens (tertiary/aromatic N) is 5. The number of fused-ring (bicyclic) bond motifs is 3. The SMILES string of the molecule is COC(=O)Cc1ccccc1NC1CCn2nncc2-c2ccc(-c3cnn(C)c3)cc21. The van der Waals surface area contributed by atoms with Crippen LogP contribution in [-0.4, -0.2) is 37.9 Å². The van der Waals surface area contributed by atoms with Gasteiger partial charge in [-0.15, -0.1) is 5.10 Å². The molecule has 5 rings (SSSR count). The molecular weight excluding hydrogens is 404 g/mol. The van der Waals surface area contributed by atoms with E-state index in [2.05, 4.69) is 38.9 Å². The number of hydrogen-bond acceptors (Lipinski definition) is 6. The van der Waals surface area contributed by atoms with Crippen LogP contribution >= 0.6 is 0 Å². The van der Waals surface area contributed by atoms with Crippen molar-refractivity contribution in [1.29, 1.82) is 0 Å². The second kappa shape index (κ2) is 8.30. The summed E-state index contributed by atoms with van der Waals surface area (Å²) in [4.78, 5) is 11.9. The quantitative estimate of drug-likeness (QED) is 0.489. The van der Waals surface area contributed by atoms with E-state index >= 15 is 0 Å². The zero-order valence-corrected chi connectivity index (χ0v) is 18.0. The largest absolute Gasteiger partial charge is 0.469 e. The van der Waals surface area contributed by atoms with Crippen molar-refractivity contribution in [3.63, 3.8) is 0 Å². The molecule has 0 spiro atoms. The summed E-state index contributed by atoms with van der Waals surface area (Å²) in [5.74, 6) is -0.259. The van der Waals surface area contributed by atoms with Gasteiger partial charge in [-0.1, -0.05) is 35.5 Å². The number of para-hydroxylation sites is 1. The van der Waals surface area contributed by atoms with Crippen molar-refractivity contribution >= 4 is 11.7 Å². The molecule has 0 fully saturated rings. The number of aryl methyl sites for hydroxylation is 2. The molecule has 0 amide bonds. The predicted octanol–water partition coefficient (Wildman–Crippen LogP) is 3.62. The molecule has 1 atom stereocenters. The standard InChI is InChI=1S/C24H24N6O2/c1-29-15-18(13-26-29)16-7-8-19-20(11-16)22(9-10-30-23(19)14-25-28-30)27-21-6-4-3-5-17(21)12-24(31)32-2/h3-8,11,13-15,22,27H,9-10,12H2,1-2H3. The number of aromatic nitrogens is 5. The topological polar surface area (TPSA) is 86.9 Å². The number of carbonyl (C=O) groups is 1. The van der Waals surface area contributed by atoms with Gasteiger partial charge >= 0.3 is 5.97 Å². The Kier molecular flexibility index (Phi) is 5.18. The molecule has 32 heavy (non-hydrogen) atoms. The molecule has 1 aliphatic rings. The Hall–Kier alpha value is -3.94. The number of benzene rings is 2. The molecule has 1 unspecified atom stereocenters. The lowest BCUT2D eigenvalue weighted by atomic mass is 9.93. The molecule has 0 radical (unpaired) electrons. The smallest absolute Gasteiger partial charge is 0.310 e. The lowest BCUT2D eigenvalue weighted by Gasteiger charge is -2.23. The number of nitrogens with one attached hydrogen (secondary N) is 1. The molecule has 0 saturated heterocycles. The van der Waals surface area contributed by atoms with E-state index in [0.29, 0.717) is 0 Å². The monoisotopic (exact) mass is 428 g/mol. The van der Waals surface area contributed by atoms with Crippen LogP contribution in [0.15, 0.2) is 61.1 Å². The van der Waals surface area contributed by atoms with Crippen LogP contribution in [0, 0.1) is 0 Å². The van der Waals surface area contributed by atoms with E-state index in [-0.39, 0.29) is 18.4 Å². The molecule has 0 saturated carbocycles. The maximum absolute atomic E-state index is 11.9. The van der Waals surface area contributed by atoms with Crippen molar-refractivity contribution in [3.05, 3.63) is 72.2 Å². The highest BCUT2D eigenvalue weighted by Crippen LogP contribution is 2.38. The van der Waals surface area contributed by atoms with Crippen molar-refractivity contribution in [2.24, 2.45) is 7.05 Å². The van der Waals surface area contributed by atoms with E-state index in [1.54, 1.807) is 4.68 Å². The van der Waals surface area contributed by atoms with E-state index in [1.807, 2.05) is 54.6 Å². The van der Waals surface area contributed by atoms with Crippen LogP contribution in [-0.2, 0) is 29.5 Å². The van der Waals surface area contributed by atoms with Gasteiger partial charge in [0.2, 0.25) is 0 Å².